The van der Waals surface area contributed by atoms with Crippen molar-refractivity contribution in [2.24, 2.45) is 0 Å². The first-order chi connectivity index (χ1) is 13.7. The molecule has 3 aromatic rings. The predicted molar refractivity (Wildman–Crippen MR) is 111 cm³/mol. The van der Waals surface area contributed by atoms with E-state index in [0.29, 0.717) is 23.3 Å². The minimum Gasteiger partial charge on any atom is -0.357 e. The van der Waals surface area contributed by atoms with Gasteiger partial charge < -0.3 is 10.3 Å². The summed E-state index contributed by atoms with van der Waals surface area (Å²) in [5.74, 6) is -0.0852. The van der Waals surface area contributed by atoms with E-state index >= 15 is 0 Å². The fourth-order valence-electron chi connectivity index (χ4n) is 3.90. The van der Waals surface area contributed by atoms with Gasteiger partial charge in [0, 0.05) is 34.9 Å². The number of hydrogen-bond donors (Lipinski definition) is 3. The molecule has 0 spiro atoms. The molecule has 146 valence electrons. The van der Waals surface area contributed by atoms with E-state index in [-0.39, 0.29) is 5.91 Å². The maximum absolute atomic E-state index is 12.6. The summed E-state index contributed by atoms with van der Waals surface area (Å²) in [7, 11) is 0. The number of aromatic amines is 2. The Bertz CT molecular complexity index is 963. The number of amides is 1. The molecule has 4 rings (SSSR count). The van der Waals surface area contributed by atoms with E-state index in [1.807, 2.05) is 36.5 Å². The van der Waals surface area contributed by atoms with Crippen LogP contribution < -0.4 is 5.32 Å². The second-order valence-electron chi connectivity index (χ2n) is 7.11. The molecule has 28 heavy (non-hydrogen) atoms. The van der Waals surface area contributed by atoms with Gasteiger partial charge in [-0.15, -0.1) is 0 Å². The highest BCUT2D eigenvalue weighted by Crippen LogP contribution is 2.31. The first kappa shape index (κ1) is 18.8. The Morgan fingerprint density at radius 1 is 1.36 bits per heavy atom. The zero-order valence-electron chi connectivity index (χ0n) is 15.8. The number of nitrogens with zero attached hydrogens (tertiary/aromatic N) is 2. The Morgan fingerprint density at radius 2 is 2.25 bits per heavy atom. The van der Waals surface area contributed by atoms with Crippen molar-refractivity contribution in [3.05, 3.63) is 53.4 Å². The van der Waals surface area contributed by atoms with Crippen molar-refractivity contribution in [2.75, 3.05) is 19.6 Å². The first-order valence-corrected chi connectivity index (χ1v) is 10.0. The van der Waals surface area contributed by atoms with Gasteiger partial charge in [0.1, 0.15) is 5.69 Å². The number of nitrogens with one attached hydrogen (secondary N) is 3. The predicted octanol–water partition coefficient (Wildman–Crippen LogP) is 3.94. The lowest BCUT2D eigenvalue weighted by Gasteiger charge is -2.22. The van der Waals surface area contributed by atoms with Crippen LogP contribution in [0.15, 0.2) is 42.7 Å². The molecule has 0 saturated carbocycles. The molecule has 3 N–H and O–H groups in total. The monoisotopic (exact) mass is 397 g/mol. The summed E-state index contributed by atoms with van der Waals surface area (Å²) >= 11 is 6.12. The maximum atomic E-state index is 12.6. The van der Waals surface area contributed by atoms with E-state index in [4.69, 9.17) is 11.6 Å². The summed E-state index contributed by atoms with van der Waals surface area (Å²) in [4.78, 5) is 18.1. The number of likely N-dealkylation sites (tertiary alicyclic amines) is 1. The standard InChI is InChI=1S/C21H24ClN5O/c1-2-27-8-4-7-17(27)12-24-21(28)19-10-15(11-23-19)20-18(13-25-26-20)14-5-3-6-16(22)9-14/h3,5-6,9-11,13,17,23H,2,4,7-8,12H2,1H3,(H,24,28)(H,25,26). The number of hydrogen-bond acceptors (Lipinski definition) is 3. The van der Waals surface area contributed by atoms with Crippen molar-refractivity contribution in [3.63, 3.8) is 0 Å². The number of benzene rings is 1. The highest BCUT2D eigenvalue weighted by Gasteiger charge is 2.23. The SMILES string of the molecule is CCN1CCCC1CNC(=O)c1cc(-c2[nH]ncc2-c2cccc(Cl)c2)c[nH]1. The third-order valence-electron chi connectivity index (χ3n) is 5.39. The van der Waals surface area contributed by atoms with Crippen molar-refractivity contribution in [1.29, 1.82) is 0 Å². The average Bonchev–Trinajstić information content (AvgIpc) is 3.45. The number of likely N-dealkylation sites (N-methyl/N-ethyl adjacent to an activating group) is 1. The molecule has 1 unspecified atom stereocenters. The lowest BCUT2D eigenvalue weighted by Crippen LogP contribution is -2.40. The fourth-order valence-corrected chi connectivity index (χ4v) is 4.09. The summed E-state index contributed by atoms with van der Waals surface area (Å²) < 4.78 is 0. The number of rotatable bonds is 6. The van der Waals surface area contributed by atoms with Gasteiger partial charge in [0.05, 0.1) is 11.9 Å². The van der Waals surface area contributed by atoms with Crippen LogP contribution in [-0.2, 0) is 0 Å². The van der Waals surface area contributed by atoms with Crippen molar-refractivity contribution in [3.8, 4) is 22.4 Å². The smallest absolute Gasteiger partial charge is 0.267 e. The van der Waals surface area contributed by atoms with Gasteiger partial charge in [-0.3, -0.25) is 14.8 Å². The van der Waals surface area contributed by atoms with Gasteiger partial charge in [-0.25, -0.2) is 0 Å². The van der Waals surface area contributed by atoms with Gasteiger partial charge in [0.25, 0.3) is 5.91 Å². The zero-order chi connectivity index (χ0) is 19.5. The molecule has 6 nitrogen and oxygen atoms in total. The summed E-state index contributed by atoms with van der Waals surface area (Å²) in [5.41, 5.74) is 4.20. The number of carbonyl (C=O) groups is 1. The molecule has 0 bridgehead atoms. The van der Waals surface area contributed by atoms with Gasteiger partial charge in [0.15, 0.2) is 0 Å². The Balaban J connectivity index is 1.48. The Labute approximate surface area is 169 Å². The summed E-state index contributed by atoms with van der Waals surface area (Å²) in [6, 6.07) is 9.92. The molecule has 1 fully saturated rings. The van der Waals surface area contributed by atoms with E-state index in [2.05, 4.69) is 32.3 Å². The molecule has 3 heterocycles. The zero-order valence-corrected chi connectivity index (χ0v) is 16.6. The average molecular weight is 398 g/mol. The van der Waals surface area contributed by atoms with E-state index in [1.165, 1.54) is 6.42 Å². The summed E-state index contributed by atoms with van der Waals surface area (Å²) in [5, 5.41) is 10.9. The lowest BCUT2D eigenvalue weighted by molar-refractivity contribution is 0.0937. The van der Waals surface area contributed by atoms with Crippen LogP contribution in [0.25, 0.3) is 22.4 Å². The molecule has 1 atom stereocenters. The van der Waals surface area contributed by atoms with Gasteiger partial charge in [-0.1, -0.05) is 30.7 Å². The molecule has 1 aromatic carbocycles. The molecule has 0 aliphatic carbocycles. The fraction of sp³-hybridized carbons (Fsp3) is 0.333. The van der Waals surface area contributed by atoms with E-state index in [0.717, 1.165) is 41.9 Å². The molecule has 1 aliphatic rings. The third kappa shape index (κ3) is 3.84. The van der Waals surface area contributed by atoms with Gasteiger partial charge in [-0.2, -0.15) is 5.10 Å². The number of aromatic nitrogens is 3. The minimum absolute atomic E-state index is 0.0852. The van der Waals surface area contributed by atoms with Crippen LogP contribution in [0.4, 0.5) is 0 Å². The van der Waals surface area contributed by atoms with Crippen LogP contribution in [0.2, 0.25) is 5.02 Å². The maximum Gasteiger partial charge on any atom is 0.267 e. The minimum atomic E-state index is -0.0852. The molecule has 1 saturated heterocycles. The van der Waals surface area contributed by atoms with Crippen LogP contribution in [0.1, 0.15) is 30.3 Å². The van der Waals surface area contributed by atoms with Gasteiger partial charge >= 0.3 is 0 Å². The van der Waals surface area contributed by atoms with Crippen molar-refractivity contribution < 1.29 is 4.79 Å². The van der Waals surface area contributed by atoms with E-state index < -0.39 is 0 Å². The van der Waals surface area contributed by atoms with Crippen molar-refractivity contribution in [1.82, 2.24) is 25.4 Å². The normalized spacial score (nSPS) is 17.1. The topological polar surface area (TPSA) is 76.8 Å². The van der Waals surface area contributed by atoms with Gasteiger partial charge in [-0.05, 0) is 49.7 Å². The van der Waals surface area contributed by atoms with Crippen LogP contribution >= 0.6 is 11.6 Å². The quantitative estimate of drug-likeness (QED) is 0.589. The second-order valence-corrected chi connectivity index (χ2v) is 7.54. The number of carbonyl (C=O) groups excluding carboxylic acids is 1. The Hall–Kier alpha value is -2.57. The first-order valence-electron chi connectivity index (χ1n) is 9.66. The van der Waals surface area contributed by atoms with Crippen LogP contribution in [0, 0.1) is 0 Å². The van der Waals surface area contributed by atoms with E-state index in [9.17, 15) is 4.79 Å². The van der Waals surface area contributed by atoms with Crippen LogP contribution in [-0.4, -0.2) is 51.7 Å². The van der Waals surface area contributed by atoms with Crippen molar-refractivity contribution >= 4 is 17.5 Å². The largest absolute Gasteiger partial charge is 0.357 e. The van der Waals surface area contributed by atoms with Gasteiger partial charge in [0.2, 0.25) is 0 Å². The molecule has 1 aliphatic heterocycles. The highest BCUT2D eigenvalue weighted by molar-refractivity contribution is 6.30. The van der Waals surface area contributed by atoms with Crippen LogP contribution in [0.5, 0.6) is 0 Å². The molecule has 1 amide bonds. The highest BCUT2D eigenvalue weighted by atomic mass is 35.5. The molecule has 2 aromatic heterocycles. The number of H-pyrrole nitrogens is 2. The molecular weight excluding hydrogens is 374 g/mol. The number of halogens is 1. The van der Waals surface area contributed by atoms with Crippen molar-refractivity contribution in [2.45, 2.75) is 25.8 Å². The van der Waals surface area contributed by atoms with Crippen LogP contribution in [0.3, 0.4) is 0 Å². The third-order valence-corrected chi connectivity index (χ3v) is 5.63. The van der Waals surface area contributed by atoms with E-state index in [1.54, 1.807) is 6.20 Å². The lowest BCUT2D eigenvalue weighted by atomic mass is 10.0. The molecule has 7 heteroatoms. The summed E-state index contributed by atoms with van der Waals surface area (Å²) in [6.07, 6.45) is 5.94. The second kappa shape index (κ2) is 8.20. The Morgan fingerprint density at radius 3 is 3.07 bits per heavy atom. The molecular formula is C21H24ClN5O. The molecule has 0 radical (unpaired) electrons. The Kier molecular flexibility index (Phi) is 5.50. The summed E-state index contributed by atoms with van der Waals surface area (Å²) in [6.45, 7) is 4.99.